The maximum Gasteiger partial charge on any atom is 0.409 e. The Bertz CT molecular complexity index is 963. The van der Waals surface area contributed by atoms with Gasteiger partial charge in [0.1, 0.15) is 5.75 Å². The van der Waals surface area contributed by atoms with E-state index in [9.17, 15) is 4.79 Å². The molecule has 1 heterocycles. The monoisotopic (exact) mass is 386 g/mol. The van der Waals surface area contributed by atoms with Crippen LogP contribution in [0.2, 0.25) is 0 Å². The number of likely N-dealkylation sites (tertiary alicyclic amines) is 1. The lowest BCUT2D eigenvalue weighted by molar-refractivity contribution is 0.205. The minimum Gasteiger partial charge on any atom is -0.410 e. The number of primary amides is 1. The molecule has 0 aromatic heterocycles. The number of para-hydroxylation sites is 1. The van der Waals surface area contributed by atoms with Crippen molar-refractivity contribution in [2.45, 2.75) is 25.3 Å². The number of carbonyl (C=O) groups is 1. The highest BCUT2D eigenvalue weighted by Gasteiger charge is 2.23. The molecule has 1 amide bonds. The number of piperidine rings is 1. The molecule has 0 bridgehead atoms. The maximum atomic E-state index is 11.3. The summed E-state index contributed by atoms with van der Waals surface area (Å²) >= 11 is 0. The summed E-state index contributed by atoms with van der Waals surface area (Å²) in [6.45, 7) is 3.16. The lowest BCUT2D eigenvalue weighted by Gasteiger charge is -2.33. The summed E-state index contributed by atoms with van der Waals surface area (Å²) in [5.41, 5.74) is 9.97. The molecule has 1 saturated heterocycles. The number of rotatable bonds is 5. The number of nitrogens with two attached hydrogens (primary N) is 1. The zero-order valence-electron chi connectivity index (χ0n) is 16.5. The molecule has 3 aromatic carbocycles. The Balaban J connectivity index is 1.52. The molecule has 3 aromatic rings. The molecule has 1 aliphatic rings. The molecule has 1 aliphatic heterocycles. The second-order valence-electron chi connectivity index (χ2n) is 7.54. The summed E-state index contributed by atoms with van der Waals surface area (Å²) in [5.74, 6) is 0.994. The standard InChI is InChI=1S/C25H26N2O2/c26-25(28)29-24-13-7-6-12-23(24)22-11-5-4-10-21(22)20-14-16-27(17-15-20)18-19-8-2-1-3-9-19/h1-13,20H,14-18H2,(H2,26,28). The highest BCUT2D eigenvalue weighted by Crippen LogP contribution is 2.39. The molecule has 4 heteroatoms. The number of carbonyl (C=O) groups excluding carboxylic acids is 1. The summed E-state index contributed by atoms with van der Waals surface area (Å²) in [7, 11) is 0. The van der Waals surface area contributed by atoms with Crippen LogP contribution in [0.25, 0.3) is 11.1 Å². The fourth-order valence-electron chi connectivity index (χ4n) is 4.23. The van der Waals surface area contributed by atoms with Gasteiger partial charge in [0.2, 0.25) is 0 Å². The molecule has 2 N–H and O–H groups in total. The molecule has 148 valence electrons. The predicted octanol–water partition coefficient (Wildman–Crippen LogP) is 5.19. The first-order valence-corrected chi connectivity index (χ1v) is 10.1. The number of ether oxygens (including phenoxy) is 1. The minimum absolute atomic E-state index is 0.486. The van der Waals surface area contributed by atoms with Crippen molar-refractivity contribution in [3.8, 4) is 16.9 Å². The van der Waals surface area contributed by atoms with Crippen molar-refractivity contribution in [1.82, 2.24) is 4.90 Å². The molecular weight excluding hydrogens is 360 g/mol. The quantitative estimate of drug-likeness (QED) is 0.656. The molecule has 0 saturated carbocycles. The summed E-state index contributed by atoms with van der Waals surface area (Å²) in [4.78, 5) is 13.8. The Morgan fingerprint density at radius 2 is 1.48 bits per heavy atom. The normalized spacial score (nSPS) is 15.2. The van der Waals surface area contributed by atoms with Crippen molar-refractivity contribution in [2.24, 2.45) is 5.73 Å². The average Bonchev–Trinajstić information content (AvgIpc) is 2.75. The lowest BCUT2D eigenvalue weighted by atomic mass is 9.84. The van der Waals surface area contributed by atoms with Crippen LogP contribution in [0.5, 0.6) is 5.75 Å². The zero-order chi connectivity index (χ0) is 20.1. The van der Waals surface area contributed by atoms with Gasteiger partial charge in [-0.05, 0) is 54.6 Å². The first-order chi connectivity index (χ1) is 14.2. The number of amides is 1. The third kappa shape index (κ3) is 4.66. The van der Waals surface area contributed by atoms with Gasteiger partial charge in [0.25, 0.3) is 0 Å². The van der Waals surface area contributed by atoms with E-state index in [0.29, 0.717) is 11.7 Å². The van der Waals surface area contributed by atoms with E-state index in [1.807, 2.05) is 24.3 Å². The van der Waals surface area contributed by atoms with Gasteiger partial charge < -0.3 is 10.5 Å². The molecule has 1 fully saturated rings. The third-order valence-corrected chi connectivity index (χ3v) is 5.62. The Morgan fingerprint density at radius 1 is 0.862 bits per heavy atom. The van der Waals surface area contributed by atoms with Crippen molar-refractivity contribution in [3.05, 3.63) is 90.0 Å². The van der Waals surface area contributed by atoms with Crippen LogP contribution in [-0.2, 0) is 6.54 Å². The van der Waals surface area contributed by atoms with E-state index in [4.69, 9.17) is 10.5 Å². The van der Waals surface area contributed by atoms with Gasteiger partial charge in [-0.15, -0.1) is 0 Å². The molecular formula is C25H26N2O2. The van der Waals surface area contributed by atoms with E-state index >= 15 is 0 Å². The van der Waals surface area contributed by atoms with Gasteiger partial charge in [-0.2, -0.15) is 0 Å². The Morgan fingerprint density at radius 3 is 2.21 bits per heavy atom. The van der Waals surface area contributed by atoms with Gasteiger partial charge in [-0.1, -0.05) is 72.8 Å². The topological polar surface area (TPSA) is 55.6 Å². The lowest BCUT2D eigenvalue weighted by Crippen LogP contribution is -2.32. The van der Waals surface area contributed by atoms with Crippen LogP contribution in [0.15, 0.2) is 78.9 Å². The van der Waals surface area contributed by atoms with Gasteiger partial charge in [-0.25, -0.2) is 4.79 Å². The van der Waals surface area contributed by atoms with E-state index in [-0.39, 0.29) is 0 Å². The summed E-state index contributed by atoms with van der Waals surface area (Å²) < 4.78 is 5.26. The van der Waals surface area contributed by atoms with Crippen LogP contribution in [0.4, 0.5) is 4.79 Å². The van der Waals surface area contributed by atoms with Gasteiger partial charge in [-0.3, -0.25) is 4.90 Å². The highest BCUT2D eigenvalue weighted by molar-refractivity contribution is 5.78. The van der Waals surface area contributed by atoms with Crippen LogP contribution in [0.1, 0.15) is 29.9 Å². The number of hydrogen-bond acceptors (Lipinski definition) is 3. The number of nitrogens with zero attached hydrogens (tertiary/aromatic N) is 1. The Kier molecular flexibility index (Phi) is 5.92. The molecule has 0 spiro atoms. The fourth-order valence-corrected chi connectivity index (χ4v) is 4.23. The van der Waals surface area contributed by atoms with E-state index in [1.54, 1.807) is 6.07 Å². The van der Waals surface area contributed by atoms with Crippen LogP contribution in [-0.4, -0.2) is 24.1 Å². The SMILES string of the molecule is NC(=O)Oc1ccccc1-c1ccccc1C1CCN(Cc2ccccc2)CC1. The third-order valence-electron chi connectivity index (χ3n) is 5.62. The number of hydrogen-bond donors (Lipinski definition) is 1. The summed E-state index contributed by atoms with van der Waals surface area (Å²) in [6.07, 6.45) is 1.44. The van der Waals surface area contributed by atoms with Crippen LogP contribution < -0.4 is 10.5 Å². The minimum atomic E-state index is -0.788. The largest absolute Gasteiger partial charge is 0.410 e. The predicted molar refractivity (Wildman–Crippen MR) is 116 cm³/mol. The summed E-state index contributed by atoms with van der Waals surface area (Å²) in [6, 6.07) is 26.7. The highest BCUT2D eigenvalue weighted by atomic mass is 16.5. The Hall–Kier alpha value is -3.11. The Labute approximate surface area is 171 Å². The molecule has 0 atom stereocenters. The molecule has 0 aliphatic carbocycles. The first-order valence-electron chi connectivity index (χ1n) is 10.1. The fraction of sp³-hybridized carbons (Fsp3) is 0.240. The van der Waals surface area contributed by atoms with Crippen LogP contribution >= 0.6 is 0 Å². The number of benzene rings is 3. The van der Waals surface area contributed by atoms with Crippen LogP contribution in [0.3, 0.4) is 0 Å². The van der Waals surface area contributed by atoms with Crippen LogP contribution in [0, 0.1) is 0 Å². The smallest absolute Gasteiger partial charge is 0.409 e. The average molecular weight is 386 g/mol. The van der Waals surface area contributed by atoms with Crippen molar-refractivity contribution >= 4 is 6.09 Å². The van der Waals surface area contributed by atoms with E-state index in [2.05, 4.69) is 53.4 Å². The molecule has 29 heavy (non-hydrogen) atoms. The van der Waals surface area contributed by atoms with Gasteiger partial charge in [0.15, 0.2) is 0 Å². The van der Waals surface area contributed by atoms with E-state index in [0.717, 1.165) is 43.6 Å². The van der Waals surface area contributed by atoms with Crippen molar-refractivity contribution in [2.75, 3.05) is 13.1 Å². The molecule has 4 nitrogen and oxygen atoms in total. The summed E-state index contributed by atoms with van der Waals surface area (Å²) in [5, 5.41) is 0. The van der Waals surface area contributed by atoms with Crippen molar-refractivity contribution in [3.63, 3.8) is 0 Å². The second-order valence-corrected chi connectivity index (χ2v) is 7.54. The van der Waals surface area contributed by atoms with Crippen molar-refractivity contribution < 1.29 is 9.53 Å². The van der Waals surface area contributed by atoms with Crippen molar-refractivity contribution in [1.29, 1.82) is 0 Å². The van der Waals surface area contributed by atoms with E-state index < -0.39 is 6.09 Å². The molecule has 0 unspecified atom stereocenters. The van der Waals surface area contributed by atoms with Gasteiger partial charge in [0, 0.05) is 12.1 Å². The van der Waals surface area contributed by atoms with E-state index in [1.165, 1.54) is 11.1 Å². The molecule has 4 rings (SSSR count). The van der Waals surface area contributed by atoms with Gasteiger partial charge >= 0.3 is 6.09 Å². The first kappa shape index (κ1) is 19.2. The zero-order valence-corrected chi connectivity index (χ0v) is 16.5. The second kappa shape index (κ2) is 8.93. The maximum absolute atomic E-state index is 11.3. The molecule has 0 radical (unpaired) electrons. The van der Waals surface area contributed by atoms with Gasteiger partial charge in [0.05, 0.1) is 0 Å².